The lowest BCUT2D eigenvalue weighted by Crippen LogP contribution is -2.33. The standard InChI is InChI=1S/C22H25ClN4O2/c1-4-11-27(13-20(28)24-17-10-9-15(2)16(3)12-17)14-21-25-26-22(29-21)18-7-5-6-8-19(18)23/h5-10,12H,4,11,13-14H2,1-3H3,(H,24,28). The van der Waals surface area contributed by atoms with Gasteiger partial charge in [0.2, 0.25) is 17.7 Å². The zero-order chi connectivity index (χ0) is 20.8. The van der Waals surface area contributed by atoms with Gasteiger partial charge in [0.1, 0.15) is 0 Å². The smallest absolute Gasteiger partial charge is 0.249 e. The molecule has 0 bridgehead atoms. The Morgan fingerprint density at radius 1 is 1.14 bits per heavy atom. The zero-order valence-corrected chi connectivity index (χ0v) is 17.7. The highest BCUT2D eigenvalue weighted by atomic mass is 35.5. The third kappa shape index (κ3) is 5.65. The topological polar surface area (TPSA) is 71.3 Å². The van der Waals surface area contributed by atoms with E-state index in [1.54, 1.807) is 6.07 Å². The van der Waals surface area contributed by atoms with Gasteiger partial charge in [0.25, 0.3) is 0 Å². The second kappa shape index (κ2) is 9.67. The maximum atomic E-state index is 12.5. The number of halogens is 1. The molecule has 3 rings (SSSR count). The van der Waals surface area contributed by atoms with E-state index in [-0.39, 0.29) is 12.5 Å². The fourth-order valence-corrected chi connectivity index (χ4v) is 3.22. The monoisotopic (exact) mass is 412 g/mol. The molecule has 0 unspecified atom stereocenters. The Balaban J connectivity index is 1.65. The van der Waals surface area contributed by atoms with E-state index in [1.165, 1.54) is 5.56 Å². The minimum absolute atomic E-state index is 0.0763. The van der Waals surface area contributed by atoms with Crippen molar-refractivity contribution >= 4 is 23.2 Å². The average Bonchev–Trinajstić information content (AvgIpc) is 3.13. The average molecular weight is 413 g/mol. The molecule has 0 radical (unpaired) electrons. The molecule has 0 fully saturated rings. The summed E-state index contributed by atoms with van der Waals surface area (Å²) in [4.78, 5) is 14.5. The highest BCUT2D eigenvalue weighted by Crippen LogP contribution is 2.26. The summed E-state index contributed by atoms with van der Waals surface area (Å²) in [7, 11) is 0. The second-order valence-corrected chi connectivity index (χ2v) is 7.45. The van der Waals surface area contributed by atoms with E-state index in [0.29, 0.717) is 28.9 Å². The number of anilines is 1. The molecule has 0 saturated carbocycles. The quantitative estimate of drug-likeness (QED) is 0.572. The number of aromatic nitrogens is 2. The van der Waals surface area contributed by atoms with Gasteiger partial charge in [0.15, 0.2) is 0 Å². The van der Waals surface area contributed by atoms with Gasteiger partial charge in [-0.2, -0.15) is 0 Å². The number of aryl methyl sites for hydroxylation is 2. The molecule has 0 aliphatic heterocycles. The van der Waals surface area contributed by atoms with Gasteiger partial charge in [-0.1, -0.05) is 36.7 Å². The Labute approximate surface area is 175 Å². The van der Waals surface area contributed by atoms with E-state index in [0.717, 1.165) is 24.2 Å². The van der Waals surface area contributed by atoms with Crippen LogP contribution in [0.2, 0.25) is 5.02 Å². The van der Waals surface area contributed by atoms with Crippen LogP contribution < -0.4 is 5.32 Å². The van der Waals surface area contributed by atoms with Gasteiger partial charge in [-0.05, 0) is 62.2 Å². The van der Waals surface area contributed by atoms with Crippen LogP contribution in [-0.4, -0.2) is 34.1 Å². The Hall–Kier alpha value is -2.70. The summed E-state index contributed by atoms with van der Waals surface area (Å²) in [6, 6.07) is 13.2. The molecule has 1 amide bonds. The number of hydrogen-bond acceptors (Lipinski definition) is 5. The Kier molecular flexibility index (Phi) is 7.01. The van der Waals surface area contributed by atoms with Crippen molar-refractivity contribution in [3.05, 3.63) is 64.5 Å². The minimum Gasteiger partial charge on any atom is -0.419 e. The third-order valence-corrected chi connectivity index (χ3v) is 4.96. The normalized spacial score (nSPS) is 11.1. The van der Waals surface area contributed by atoms with E-state index in [9.17, 15) is 4.79 Å². The molecule has 0 atom stereocenters. The van der Waals surface area contributed by atoms with Crippen LogP contribution in [0, 0.1) is 13.8 Å². The van der Waals surface area contributed by atoms with Crippen molar-refractivity contribution in [2.24, 2.45) is 0 Å². The lowest BCUT2D eigenvalue weighted by Gasteiger charge is -2.19. The SMILES string of the molecule is CCCN(CC(=O)Nc1ccc(C)c(C)c1)Cc1nnc(-c2ccccc2Cl)o1. The lowest BCUT2D eigenvalue weighted by molar-refractivity contribution is -0.117. The van der Waals surface area contributed by atoms with E-state index in [4.69, 9.17) is 16.0 Å². The molecule has 3 aromatic rings. The Morgan fingerprint density at radius 2 is 1.93 bits per heavy atom. The van der Waals surface area contributed by atoms with Gasteiger partial charge in [-0.3, -0.25) is 9.69 Å². The van der Waals surface area contributed by atoms with Crippen molar-refractivity contribution < 1.29 is 9.21 Å². The summed E-state index contributed by atoms with van der Waals surface area (Å²) in [6.07, 6.45) is 0.905. The van der Waals surface area contributed by atoms with Gasteiger partial charge >= 0.3 is 0 Å². The molecule has 7 heteroatoms. The maximum absolute atomic E-state index is 12.5. The van der Waals surface area contributed by atoms with Crippen LogP contribution in [-0.2, 0) is 11.3 Å². The van der Waals surface area contributed by atoms with E-state index >= 15 is 0 Å². The molecule has 29 heavy (non-hydrogen) atoms. The number of amides is 1. The van der Waals surface area contributed by atoms with Crippen LogP contribution in [0.5, 0.6) is 0 Å². The summed E-state index contributed by atoms with van der Waals surface area (Å²) in [5.74, 6) is 0.751. The summed E-state index contributed by atoms with van der Waals surface area (Å²) < 4.78 is 5.78. The molecule has 0 aliphatic carbocycles. The fraction of sp³-hybridized carbons (Fsp3) is 0.318. The number of carbonyl (C=O) groups excluding carboxylic acids is 1. The van der Waals surface area contributed by atoms with Crippen molar-refractivity contribution in [3.8, 4) is 11.5 Å². The van der Waals surface area contributed by atoms with Gasteiger partial charge in [-0.25, -0.2) is 0 Å². The summed E-state index contributed by atoms with van der Waals surface area (Å²) in [6.45, 7) is 7.52. The molecule has 0 spiro atoms. The summed E-state index contributed by atoms with van der Waals surface area (Å²) in [5.41, 5.74) is 3.84. The lowest BCUT2D eigenvalue weighted by atomic mass is 10.1. The fourth-order valence-electron chi connectivity index (χ4n) is 3.01. The third-order valence-electron chi connectivity index (χ3n) is 4.63. The predicted molar refractivity (Wildman–Crippen MR) is 115 cm³/mol. The first kappa shape index (κ1) is 21.0. The first-order valence-corrected chi connectivity index (χ1v) is 10.0. The molecule has 0 saturated heterocycles. The first-order valence-electron chi connectivity index (χ1n) is 9.63. The number of hydrogen-bond donors (Lipinski definition) is 1. The van der Waals surface area contributed by atoms with Crippen LogP contribution in [0.3, 0.4) is 0 Å². The van der Waals surface area contributed by atoms with Gasteiger partial charge in [0.05, 0.1) is 23.7 Å². The minimum atomic E-state index is -0.0763. The van der Waals surface area contributed by atoms with Crippen LogP contribution >= 0.6 is 11.6 Å². The number of carbonyl (C=O) groups is 1. The number of benzene rings is 2. The first-order chi connectivity index (χ1) is 14.0. The van der Waals surface area contributed by atoms with Crippen LogP contribution in [0.15, 0.2) is 46.9 Å². The van der Waals surface area contributed by atoms with Crippen LogP contribution in [0.25, 0.3) is 11.5 Å². The zero-order valence-electron chi connectivity index (χ0n) is 16.9. The Morgan fingerprint density at radius 3 is 2.66 bits per heavy atom. The molecule has 1 N–H and O–H groups in total. The molecule has 152 valence electrons. The Bertz CT molecular complexity index is 986. The van der Waals surface area contributed by atoms with Gasteiger partial charge in [-0.15, -0.1) is 10.2 Å². The highest BCUT2D eigenvalue weighted by Gasteiger charge is 2.16. The molecule has 0 aliphatic rings. The van der Waals surface area contributed by atoms with Crippen molar-refractivity contribution in [1.29, 1.82) is 0 Å². The van der Waals surface area contributed by atoms with Crippen LogP contribution in [0.1, 0.15) is 30.4 Å². The number of rotatable bonds is 8. The van der Waals surface area contributed by atoms with Crippen molar-refractivity contribution in [3.63, 3.8) is 0 Å². The molecular formula is C22H25ClN4O2. The van der Waals surface area contributed by atoms with Gasteiger partial charge in [0, 0.05) is 5.69 Å². The highest BCUT2D eigenvalue weighted by molar-refractivity contribution is 6.33. The molecule has 6 nitrogen and oxygen atoms in total. The second-order valence-electron chi connectivity index (χ2n) is 7.04. The number of nitrogens with one attached hydrogen (secondary N) is 1. The summed E-state index contributed by atoms with van der Waals surface area (Å²) >= 11 is 6.20. The van der Waals surface area contributed by atoms with E-state index in [1.807, 2.05) is 55.1 Å². The van der Waals surface area contributed by atoms with E-state index in [2.05, 4.69) is 22.4 Å². The van der Waals surface area contributed by atoms with Crippen molar-refractivity contribution in [1.82, 2.24) is 15.1 Å². The van der Waals surface area contributed by atoms with E-state index < -0.39 is 0 Å². The van der Waals surface area contributed by atoms with Crippen molar-refractivity contribution in [2.45, 2.75) is 33.7 Å². The molecule has 2 aromatic carbocycles. The molecular weight excluding hydrogens is 388 g/mol. The van der Waals surface area contributed by atoms with Gasteiger partial charge < -0.3 is 9.73 Å². The number of nitrogens with zero attached hydrogens (tertiary/aromatic N) is 3. The molecule has 1 heterocycles. The summed E-state index contributed by atoms with van der Waals surface area (Å²) in [5, 5.41) is 11.7. The predicted octanol–water partition coefficient (Wildman–Crippen LogP) is 4.86. The maximum Gasteiger partial charge on any atom is 0.249 e. The van der Waals surface area contributed by atoms with Crippen molar-refractivity contribution in [2.75, 3.05) is 18.4 Å². The molecule has 1 aromatic heterocycles. The largest absolute Gasteiger partial charge is 0.419 e. The van der Waals surface area contributed by atoms with Crippen LogP contribution in [0.4, 0.5) is 5.69 Å².